The van der Waals surface area contributed by atoms with Crippen LogP contribution in [0.1, 0.15) is 226 Å². The van der Waals surface area contributed by atoms with Crippen molar-refractivity contribution in [1.29, 1.82) is 0 Å². The molecule has 0 spiro atoms. The average Bonchev–Trinajstić information content (AvgIpc) is 3.05. The molecular formula is C41H81NO5S. The number of aliphatic hydroxyl groups excluding tert-OH is 1. The minimum absolute atomic E-state index is 0.275. The molecule has 0 aromatic heterocycles. The second kappa shape index (κ2) is 35.9. The number of rotatable bonds is 38. The summed E-state index contributed by atoms with van der Waals surface area (Å²) in [7, 11) is -4.34. The molecule has 2 atom stereocenters. The highest BCUT2D eigenvalue weighted by Crippen LogP contribution is 2.16. The van der Waals surface area contributed by atoms with Crippen LogP contribution >= 0.6 is 0 Å². The third-order valence-corrected chi connectivity index (χ3v) is 10.5. The maximum Gasteiger partial charge on any atom is 0.267 e. The summed E-state index contributed by atoms with van der Waals surface area (Å²) in [6.45, 7) is 4.53. The highest BCUT2D eigenvalue weighted by atomic mass is 32.2. The van der Waals surface area contributed by atoms with Gasteiger partial charge in [0.25, 0.3) is 10.1 Å². The third kappa shape index (κ3) is 36.4. The lowest BCUT2D eigenvalue weighted by atomic mass is 10.0. The highest BCUT2D eigenvalue weighted by molar-refractivity contribution is 7.85. The van der Waals surface area contributed by atoms with Crippen molar-refractivity contribution >= 4 is 16.0 Å². The molecule has 0 heterocycles. The van der Waals surface area contributed by atoms with E-state index in [4.69, 9.17) is 0 Å². The van der Waals surface area contributed by atoms with Gasteiger partial charge in [0, 0.05) is 6.42 Å². The number of unbranched alkanes of at least 4 members (excludes halogenated alkanes) is 30. The fourth-order valence-electron chi connectivity index (χ4n) is 6.57. The van der Waals surface area contributed by atoms with E-state index in [0.717, 1.165) is 38.5 Å². The van der Waals surface area contributed by atoms with Crippen molar-refractivity contribution in [2.45, 2.75) is 238 Å². The molecule has 0 rings (SSSR count). The molecule has 0 aliphatic rings. The molecule has 0 radical (unpaired) electrons. The Morgan fingerprint density at radius 1 is 0.542 bits per heavy atom. The van der Waals surface area contributed by atoms with Crippen LogP contribution in [0.25, 0.3) is 0 Å². The molecule has 0 aromatic carbocycles. The van der Waals surface area contributed by atoms with Crippen molar-refractivity contribution in [3.05, 3.63) is 12.2 Å². The van der Waals surface area contributed by atoms with Crippen LogP contribution in [0.4, 0.5) is 0 Å². The summed E-state index contributed by atoms with van der Waals surface area (Å²) in [4.78, 5) is 12.5. The second-order valence-electron chi connectivity index (χ2n) is 14.6. The zero-order valence-electron chi connectivity index (χ0n) is 31.9. The second-order valence-corrected chi connectivity index (χ2v) is 16.1. The summed E-state index contributed by atoms with van der Waals surface area (Å²) < 4.78 is 32.5. The van der Waals surface area contributed by atoms with E-state index in [0.29, 0.717) is 6.42 Å². The van der Waals surface area contributed by atoms with Crippen molar-refractivity contribution in [1.82, 2.24) is 5.32 Å². The van der Waals surface area contributed by atoms with Crippen molar-refractivity contribution in [3.8, 4) is 0 Å². The molecule has 0 fully saturated rings. The van der Waals surface area contributed by atoms with Gasteiger partial charge in [0.2, 0.25) is 5.91 Å². The maximum atomic E-state index is 12.5. The van der Waals surface area contributed by atoms with Crippen LogP contribution in [-0.4, -0.2) is 41.9 Å². The third-order valence-electron chi connectivity index (χ3n) is 9.71. The van der Waals surface area contributed by atoms with Crippen LogP contribution in [0.3, 0.4) is 0 Å². The molecule has 7 heteroatoms. The van der Waals surface area contributed by atoms with Gasteiger partial charge in [-0.25, -0.2) is 0 Å². The van der Waals surface area contributed by atoms with Crippen LogP contribution < -0.4 is 5.32 Å². The first-order valence-electron chi connectivity index (χ1n) is 20.9. The van der Waals surface area contributed by atoms with Crippen LogP contribution in [-0.2, 0) is 14.9 Å². The lowest BCUT2D eigenvalue weighted by molar-refractivity contribution is -0.122. The quantitative estimate of drug-likeness (QED) is 0.0338. The summed E-state index contributed by atoms with van der Waals surface area (Å²) >= 11 is 0. The number of carbonyl (C=O) groups is 1. The summed E-state index contributed by atoms with van der Waals surface area (Å²) in [5.41, 5.74) is 0. The van der Waals surface area contributed by atoms with Crippen molar-refractivity contribution in [2.75, 3.05) is 5.75 Å². The van der Waals surface area contributed by atoms with Gasteiger partial charge in [-0.2, -0.15) is 8.42 Å². The van der Waals surface area contributed by atoms with Crippen molar-refractivity contribution in [3.63, 3.8) is 0 Å². The molecule has 48 heavy (non-hydrogen) atoms. The molecule has 0 saturated carbocycles. The Morgan fingerprint density at radius 2 is 0.854 bits per heavy atom. The lowest BCUT2D eigenvalue weighted by Gasteiger charge is -2.21. The Kier molecular flexibility index (Phi) is 35.2. The molecular weight excluding hydrogens is 619 g/mol. The summed E-state index contributed by atoms with van der Waals surface area (Å²) in [5, 5.41) is 13.2. The Morgan fingerprint density at radius 3 is 1.19 bits per heavy atom. The number of amides is 1. The predicted molar refractivity (Wildman–Crippen MR) is 207 cm³/mol. The van der Waals surface area contributed by atoms with E-state index in [2.05, 4.69) is 19.2 Å². The summed E-state index contributed by atoms with van der Waals surface area (Å²) in [6, 6.07) is -1.05. The normalized spacial score (nSPS) is 13.3. The number of carbonyl (C=O) groups excluding carboxylic acids is 1. The van der Waals surface area contributed by atoms with Crippen LogP contribution in [0.15, 0.2) is 12.2 Å². The zero-order chi connectivity index (χ0) is 35.4. The Bertz CT molecular complexity index is 816. The van der Waals surface area contributed by atoms with E-state index in [1.165, 1.54) is 167 Å². The summed E-state index contributed by atoms with van der Waals surface area (Å²) in [5.74, 6) is -0.967. The topological polar surface area (TPSA) is 104 Å². The number of allylic oxidation sites excluding steroid dienone is 1. The largest absolute Gasteiger partial charge is 0.387 e. The zero-order valence-corrected chi connectivity index (χ0v) is 32.7. The van der Waals surface area contributed by atoms with E-state index in [-0.39, 0.29) is 5.91 Å². The Balaban J connectivity index is 3.87. The van der Waals surface area contributed by atoms with Gasteiger partial charge in [0.1, 0.15) is 0 Å². The molecule has 0 aliphatic carbocycles. The van der Waals surface area contributed by atoms with E-state index >= 15 is 0 Å². The standard InChI is InChI=1S/C41H81NO5S/c1-3-5-7-9-11-13-15-17-19-20-21-22-23-24-26-28-30-32-34-36-40(43)39(38-48(45,46)47)42-41(44)37-35-33-31-29-27-25-18-16-14-12-10-8-6-4-2/h34,36,39-40,43H,3-33,35,37-38H2,1-2H3,(H,42,44)(H,45,46,47)/b36-34+. The molecule has 286 valence electrons. The number of hydrogen-bond donors (Lipinski definition) is 3. The fraction of sp³-hybridized carbons (Fsp3) is 0.927. The Labute approximate surface area is 299 Å². The maximum absolute atomic E-state index is 12.5. The summed E-state index contributed by atoms with van der Waals surface area (Å²) in [6.07, 6.45) is 43.4. The molecule has 0 aliphatic heterocycles. The van der Waals surface area contributed by atoms with E-state index in [9.17, 15) is 22.9 Å². The molecule has 1 amide bonds. The van der Waals surface area contributed by atoms with Crippen LogP contribution in [0.2, 0.25) is 0 Å². The first kappa shape index (κ1) is 47.1. The van der Waals surface area contributed by atoms with Crippen LogP contribution in [0, 0.1) is 0 Å². The van der Waals surface area contributed by atoms with Gasteiger partial charge in [0.15, 0.2) is 0 Å². The number of nitrogens with one attached hydrogen (secondary N) is 1. The SMILES string of the molecule is CCCCCCCCCCCCCCCCCCC/C=C/C(O)C(CS(=O)(=O)O)NC(=O)CCCCCCCCCCCCCCCC. The van der Waals surface area contributed by atoms with E-state index < -0.39 is 28.0 Å². The molecule has 0 bridgehead atoms. The number of aliphatic hydroxyl groups is 1. The molecule has 0 aromatic rings. The van der Waals surface area contributed by atoms with Crippen LogP contribution in [0.5, 0.6) is 0 Å². The minimum Gasteiger partial charge on any atom is -0.387 e. The highest BCUT2D eigenvalue weighted by Gasteiger charge is 2.24. The monoisotopic (exact) mass is 700 g/mol. The molecule has 0 saturated heterocycles. The van der Waals surface area contributed by atoms with E-state index in [1.54, 1.807) is 6.08 Å². The van der Waals surface area contributed by atoms with Crippen molar-refractivity contribution < 1.29 is 22.9 Å². The van der Waals surface area contributed by atoms with Gasteiger partial charge in [-0.15, -0.1) is 0 Å². The van der Waals surface area contributed by atoms with Gasteiger partial charge >= 0.3 is 0 Å². The molecule has 6 nitrogen and oxygen atoms in total. The molecule has 2 unspecified atom stereocenters. The fourth-order valence-corrected chi connectivity index (χ4v) is 7.30. The number of hydrogen-bond acceptors (Lipinski definition) is 4. The first-order valence-corrected chi connectivity index (χ1v) is 22.5. The van der Waals surface area contributed by atoms with Gasteiger partial charge in [-0.3, -0.25) is 9.35 Å². The van der Waals surface area contributed by atoms with Crippen molar-refractivity contribution in [2.24, 2.45) is 0 Å². The first-order chi connectivity index (χ1) is 23.3. The molecule has 3 N–H and O–H groups in total. The van der Waals surface area contributed by atoms with E-state index in [1.807, 2.05) is 6.08 Å². The van der Waals surface area contributed by atoms with Gasteiger partial charge in [-0.05, 0) is 19.3 Å². The Hall–Kier alpha value is -0.920. The average molecular weight is 700 g/mol. The predicted octanol–water partition coefficient (Wildman–Crippen LogP) is 12.2. The van der Waals surface area contributed by atoms with Gasteiger partial charge in [-0.1, -0.05) is 212 Å². The van der Waals surface area contributed by atoms with Gasteiger partial charge in [0.05, 0.1) is 17.9 Å². The smallest absolute Gasteiger partial charge is 0.267 e. The minimum atomic E-state index is -4.34. The lowest BCUT2D eigenvalue weighted by Crippen LogP contribution is -2.46. The van der Waals surface area contributed by atoms with Gasteiger partial charge < -0.3 is 10.4 Å².